The van der Waals surface area contributed by atoms with E-state index in [0.717, 1.165) is 38.5 Å². The molecule has 33 heavy (non-hydrogen) atoms. The number of Topliss-reactive ketones (excluding diaryl/α,β-unsaturated/α-hetero) is 1. The Morgan fingerprint density at radius 3 is 2.55 bits per heavy atom. The van der Waals surface area contributed by atoms with Crippen LogP contribution in [0.5, 0.6) is 0 Å². The maximum absolute atomic E-state index is 13.4. The number of carbonyl (C=O) groups excluding carboxylic acids is 1. The quantitative estimate of drug-likeness (QED) is 0.697. The van der Waals surface area contributed by atoms with E-state index in [2.05, 4.69) is 24.2 Å². The smallest absolute Gasteiger partial charge is 0.358 e. The van der Waals surface area contributed by atoms with Crippen molar-refractivity contribution in [3.8, 4) is 0 Å². The highest BCUT2D eigenvalue weighted by Gasteiger charge is 2.57. The average Bonchev–Trinajstić information content (AvgIpc) is 3.27. The standard InChI is InChI=1S/C26H39N3O4/c1-24(33)10-11-25(2)17-8-9-26(3)19(16(12-17)4-5-18(25)13-24)6-7-20(26)22(30)15-29-14-21(23(31)32)27-28-29/h14,16-20,33H,4-13,15H2,1-3H3,(H,31,32)/t16-,17+,18-,19+,20-,24-,25-,26+/m1/s1. The molecule has 182 valence electrons. The Labute approximate surface area is 196 Å². The molecule has 0 aromatic carbocycles. The van der Waals surface area contributed by atoms with Crippen molar-refractivity contribution >= 4 is 11.8 Å². The van der Waals surface area contributed by atoms with Gasteiger partial charge in [0.15, 0.2) is 11.5 Å². The normalized spacial score (nSPS) is 44.9. The highest BCUT2D eigenvalue weighted by atomic mass is 16.4. The molecule has 2 N–H and O–H groups in total. The first-order valence-electron chi connectivity index (χ1n) is 12.9. The van der Waals surface area contributed by atoms with Gasteiger partial charge in [-0.3, -0.25) is 4.79 Å². The molecule has 1 aromatic rings. The molecule has 4 fully saturated rings. The van der Waals surface area contributed by atoms with E-state index >= 15 is 0 Å². The van der Waals surface area contributed by atoms with Gasteiger partial charge in [-0.2, -0.15) is 0 Å². The van der Waals surface area contributed by atoms with Crippen LogP contribution in [0.4, 0.5) is 0 Å². The fourth-order valence-electron chi connectivity index (χ4n) is 8.71. The molecule has 0 aliphatic heterocycles. The van der Waals surface area contributed by atoms with Crippen molar-refractivity contribution < 1.29 is 19.8 Å². The van der Waals surface area contributed by atoms with Crippen molar-refractivity contribution in [1.82, 2.24) is 15.0 Å². The molecule has 8 atom stereocenters. The predicted molar refractivity (Wildman–Crippen MR) is 122 cm³/mol. The van der Waals surface area contributed by atoms with Crippen molar-refractivity contribution in [3.05, 3.63) is 11.9 Å². The number of aromatic carboxylic acids is 1. The van der Waals surface area contributed by atoms with Gasteiger partial charge in [0, 0.05) is 5.92 Å². The average molecular weight is 458 g/mol. The lowest BCUT2D eigenvalue weighted by Crippen LogP contribution is -2.45. The summed E-state index contributed by atoms with van der Waals surface area (Å²) < 4.78 is 1.39. The van der Waals surface area contributed by atoms with Crippen LogP contribution in [-0.2, 0) is 11.3 Å². The van der Waals surface area contributed by atoms with Crippen LogP contribution < -0.4 is 0 Å². The van der Waals surface area contributed by atoms with E-state index in [-0.39, 0.29) is 29.4 Å². The van der Waals surface area contributed by atoms with Gasteiger partial charge >= 0.3 is 5.97 Å². The Balaban J connectivity index is 1.35. The Hall–Kier alpha value is -1.76. The van der Waals surface area contributed by atoms with Gasteiger partial charge in [0.2, 0.25) is 0 Å². The van der Waals surface area contributed by atoms with Crippen molar-refractivity contribution in [2.24, 2.45) is 40.4 Å². The fourth-order valence-corrected chi connectivity index (χ4v) is 8.71. The fraction of sp³-hybridized carbons (Fsp3) is 0.846. The number of hydrogen-bond donors (Lipinski definition) is 2. The number of carbonyl (C=O) groups is 2. The van der Waals surface area contributed by atoms with Crippen molar-refractivity contribution in [3.63, 3.8) is 0 Å². The third-order valence-corrected chi connectivity index (χ3v) is 10.7. The van der Waals surface area contributed by atoms with Crippen molar-refractivity contribution in [2.75, 3.05) is 0 Å². The van der Waals surface area contributed by atoms with Crippen LogP contribution in [0.3, 0.4) is 0 Å². The number of nitrogens with zero attached hydrogens (tertiary/aromatic N) is 3. The lowest BCUT2D eigenvalue weighted by molar-refractivity contribution is -0.127. The maximum Gasteiger partial charge on any atom is 0.358 e. The van der Waals surface area contributed by atoms with E-state index in [4.69, 9.17) is 5.11 Å². The molecule has 0 amide bonds. The summed E-state index contributed by atoms with van der Waals surface area (Å²) in [6, 6.07) is 0. The van der Waals surface area contributed by atoms with Gasteiger partial charge in [0.1, 0.15) is 6.54 Å². The third-order valence-electron chi connectivity index (χ3n) is 10.7. The molecular formula is C26H39N3O4. The molecule has 4 saturated carbocycles. The number of ketones is 1. The molecule has 4 aliphatic rings. The Morgan fingerprint density at radius 2 is 1.82 bits per heavy atom. The minimum atomic E-state index is -1.12. The SMILES string of the molecule is C[C@@]1(O)CC[C@@]2(C)[C@H](CC[C@@H]3C[C@@H]2CC[C@]2(C)[C@@H](C(=O)Cn4cc(C(=O)O)nn4)CC[C@@H]32)C1. The number of carboxylic acid groups (broad SMARTS) is 1. The van der Waals surface area contributed by atoms with Gasteiger partial charge in [0.25, 0.3) is 0 Å². The largest absolute Gasteiger partial charge is 0.476 e. The van der Waals surface area contributed by atoms with Crippen LogP contribution in [0, 0.1) is 40.4 Å². The van der Waals surface area contributed by atoms with Crippen molar-refractivity contribution in [2.45, 2.75) is 97.1 Å². The number of aromatic nitrogens is 3. The first kappa shape index (κ1) is 23.0. The van der Waals surface area contributed by atoms with Crippen molar-refractivity contribution in [1.29, 1.82) is 0 Å². The minimum Gasteiger partial charge on any atom is -0.476 e. The van der Waals surface area contributed by atoms with E-state index in [0.29, 0.717) is 29.1 Å². The molecule has 0 saturated heterocycles. The molecule has 7 nitrogen and oxygen atoms in total. The number of fused-ring (bicyclic) bond motifs is 6. The molecular weight excluding hydrogens is 418 g/mol. The number of carboxylic acids is 1. The molecule has 0 spiro atoms. The van der Waals surface area contributed by atoms with Crippen LogP contribution in [0.25, 0.3) is 0 Å². The van der Waals surface area contributed by atoms with Gasteiger partial charge < -0.3 is 10.2 Å². The number of aliphatic hydroxyl groups is 1. The second-order valence-electron chi connectivity index (χ2n) is 12.5. The van der Waals surface area contributed by atoms with Crippen LogP contribution >= 0.6 is 0 Å². The zero-order valence-corrected chi connectivity index (χ0v) is 20.3. The van der Waals surface area contributed by atoms with Crippen LogP contribution in [0.15, 0.2) is 6.20 Å². The van der Waals surface area contributed by atoms with Gasteiger partial charge in [-0.05, 0) is 106 Å². The zero-order chi connectivity index (χ0) is 23.6. The molecule has 0 unspecified atom stereocenters. The summed E-state index contributed by atoms with van der Waals surface area (Å²) in [4.78, 5) is 24.5. The van der Waals surface area contributed by atoms with Gasteiger partial charge in [-0.1, -0.05) is 19.1 Å². The van der Waals surface area contributed by atoms with Gasteiger partial charge in [-0.25, -0.2) is 9.48 Å². The van der Waals surface area contributed by atoms with Crippen LogP contribution in [0.1, 0.15) is 95.5 Å². The Kier molecular flexibility index (Phi) is 5.50. The molecule has 7 heteroatoms. The summed E-state index contributed by atoms with van der Waals surface area (Å²) in [7, 11) is 0. The minimum absolute atomic E-state index is 0.00999. The molecule has 1 aromatic heterocycles. The number of rotatable bonds is 4. The molecule has 1 heterocycles. The summed E-state index contributed by atoms with van der Waals surface area (Å²) in [5.74, 6) is 1.59. The molecule has 0 radical (unpaired) electrons. The van der Waals surface area contributed by atoms with Gasteiger partial charge in [-0.15, -0.1) is 5.10 Å². The molecule has 5 rings (SSSR count). The number of hydrogen-bond acceptors (Lipinski definition) is 5. The lowest BCUT2D eigenvalue weighted by atomic mass is 9.56. The second kappa shape index (κ2) is 7.89. The van der Waals surface area contributed by atoms with Crippen LogP contribution in [0.2, 0.25) is 0 Å². The molecule has 2 bridgehead atoms. The topological polar surface area (TPSA) is 105 Å². The van der Waals surface area contributed by atoms with E-state index in [9.17, 15) is 14.7 Å². The highest BCUT2D eigenvalue weighted by Crippen LogP contribution is 2.64. The summed E-state index contributed by atoms with van der Waals surface area (Å²) in [5.41, 5.74) is -0.317. The van der Waals surface area contributed by atoms with E-state index in [1.54, 1.807) is 0 Å². The summed E-state index contributed by atoms with van der Waals surface area (Å²) in [6.45, 7) is 6.99. The van der Waals surface area contributed by atoms with Crippen LogP contribution in [-0.4, -0.2) is 42.6 Å². The first-order chi connectivity index (χ1) is 15.5. The maximum atomic E-state index is 13.4. The monoisotopic (exact) mass is 457 g/mol. The lowest BCUT2D eigenvalue weighted by Gasteiger charge is -2.50. The van der Waals surface area contributed by atoms with E-state index in [1.807, 2.05) is 6.92 Å². The zero-order valence-electron chi connectivity index (χ0n) is 20.3. The Morgan fingerprint density at radius 1 is 1.03 bits per heavy atom. The third kappa shape index (κ3) is 3.84. The second-order valence-corrected chi connectivity index (χ2v) is 12.5. The summed E-state index contributed by atoms with van der Waals surface area (Å²) in [5, 5.41) is 27.4. The highest BCUT2D eigenvalue weighted by molar-refractivity contribution is 5.85. The predicted octanol–water partition coefficient (Wildman–Crippen LogP) is 4.35. The molecule has 4 aliphatic carbocycles. The first-order valence-corrected chi connectivity index (χ1v) is 12.9. The summed E-state index contributed by atoms with van der Waals surface area (Å²) >= 11 is 0. The summed E-state index contributed by atoms with van der Waals surface area (Å²) in [6.07, 6.45) is 12.3. The van der Waals surface area contributed by atoms with Gasteiger partial charge in [0.05, 0.1) is 11.8 Å². The Bertz CT molecular complexity index is 942. The van der Waals surface area contributed by atoms with E-state index in [1.165, 1.54) is 36.6 Å². The van der Waals surface area contributed by atoms with E-state index < -0.39 is 11.6 Å².